The van der Waals surface area contributed by atoms with Crippen molar-refractivity contribution in [1.82, 2.24) is 15.0 Å². The van der Waals surface area contributed by atoms with E-state index in [1.54, 1.807) is 0 Å². The predicted octanol–water partition coefficient (Wildman–Crippen LogP) is 2.97. The normalized spacial score (nSPS) is 12.1. The number of halogens is 6. The van der Waals surface area contributed by atoms with Gasteiger partial charge in [0.15, 0.2) is 13.2 Å². The van der Waals surface area contributed by atoms with Crippen LogP contribution in [0.3, 0.4) is 0 Å². The second-order valence-electron chi connectivity index (χ2n) is 4.31. The molecule has 6 nitrogen and oxygen atoms in total. The van der Waals surface area contributed by atoms with Gasteiger partial charge in [-0.25, -0.2) is 0 Å². The first-order valence-electron chi connectivity index (χ1n) is 6.48. The van der Waals surface area contributed by atoms with Crippen molar-refractivity contribution in [3.05, 3.63) is 0 Å². The minimum absolute atomic E-state index is 0.234. The molecule has 23 heavy (non-hydrogen) atoms. The largest absolute Gasteiger partial charge is 0.454 e. The van der Waals surface area contributed by atoms with Crippen LogP contribution in [-0.4, -0.2) is 47.1 Å². The van der Waals surface area contributed by atoms with Gasteiger partial charge in [-0.3, -0.25) is 0 Å². The van der Waals surface area contributed by atoms with Crippen LogP contribution in [0.5, 0.6) is 12.0 Å². The summed E-state index contributed by atoms with van der Waals surface area (Å²) in [5.41, 5.74) is 0. The molecule has 0 aliphatic rings. The lowest BCUT2D eigenvalue weighted by molar-refractivity contribution is -0.156. The first-order chi connectivity index (χ1) is 10.6. The van der Waals surface area contributed by atoms with Gasteiger partial charge < -0.3 is 14.8 Å². The summed E-state index contributed by atoms with van der Waals surface area (Å²) in [5.74, 6) is -0.234. The molecule has 1 N–H and O–H groups in total. The van der Waals surface area contributed by atoms with Crippen LogP contribution < -0.4 is 14.8 Å². The Morgan fingerprint density at radius 3 is 1.74 bits per heavy atom. The molecule has 0 unspecified atom stereocenters. The van der Waals surface area contributed by atoms with Crippen LogP contribution in [0.15, 0.2) is 0 Å². The van der Waals surface area contributed by atoms with Crippen LogP contribution in [0.2, 0.25) is 0 Å². The van der Waals surface area contributed by atoms with Gasteiger partial charge in [-0.1, -0.05) is 13.3 Å². The van der Waals surface area contributed by atoms with Gasteiger partial charge in [0.2, 0.25) is 5.95 Å². The van der Waals surface area contributed by atoms with E-state index in [-0.39, 0.29) is 5.95 Å². The lowest BCUT2D eigenvalue weighted by Gasteiger charge is -2.12. The zero-order valence-corrected chi connectivity index (χ0v) is 12.0. The molecule has 0 saturated heterocycles. The lowest BCUT2D eigenvalue weighted by atomic mass is 10.3. The molecular weight excluding hydrogens is 334 g/mol. The Morgan fingerprint density at radius 2 is 1.35 bits per heavy atom. The van der Waals surface area contributed by atoms with Crippen molar-refractivity contribution in [2.75, 3.05) is 25.1 Å². The van der Waals surface area contributed by atoms with Crippen LogP contribution in [0.4, 0.5) is 32.3 Å². The topological polar surface area (TPSA) is 69.2 Å². The van der Waals surface area contributed by atoms with E-state index >= 15 is 0 Å². The Balaban J connectivity index is 2.83. The molecule has 0 aliphatic heterocycles. The van der Waals surface area contributed by atoms with Crippen LogP contribution >= 0.6 is 0 Å². The molecule has 0 spiro atoms. The Kier molecular flexibility index (Phi) is 6.63. The highest BCUT2D eigenvalue weighted by Gasteiger charge is 2.30. The fraction of sp³-hybridized carbons (Fsp3) is 0.727. The average molecular weight is 348 g/mol. The second kappa shape index (κ2) is 8.02. The Labute approximate surface area is 127 Å². The highest BCUT2D eigenvalue weighted by atomic mass is 19.4. The number of nitrogens with zero attached hydrogens (tertiary/aromatic N) is 3. The van der Waals surface area contributed by atoms with Gasteiger partial charge in [-0.2, -0.15) is 36.3 Å². The number of hydrogen-bond acceptors (Lipinski definition) is 6. The summed E-state index contributed by atoms with van der Waals surface area (Å²) in [6, 6.07) is -1.57. The summed E-state index contributed by atoms with van der Waals surface area (Å²) in [5, 5.41) is 2.64. The number of anilines is 1. The standard InChI is InChI=1S/C11H14F6N4O2/c1-2-3-4-18-7-19-8(22-5-10(12,13)14)21-9(20-7)23-6-11(15,16)17/h2-6H2,1H3,(H,18,19,20,21). The van der Waals surface area contributed by atoms with Crippen LogP contribution in [0.25, 0.3) is 0 Å². The van der Waals surface area contributed by atoms with Gasteiger partial charge in [0.25, 0.3) is 0 Å². The predicted molar refractivity (Wildman–Crippen MR) is 66.3 cm³/mol. The van der Waals surface area contributed by atoms with Gasteiger partial charge in [0.05, 0.1) is 0 Å². The fourth-order valence-corrected chi connectivity index (χ4v) is 1.22. The van der Waals surface area contributed by atoms with E-state index in [0.29, 0.717) is 13.0 Å². The molecule has 1 rings (SSSR count). The Hall–Kier alpha value is -2.01. The maximum Gasteiger partial charge on any atom is 0.422 e. The molecule has 0 fully saturated rings. The third-order valence-corrected chi connectivity index (χ3v) is 2.14. The summed E-state index contributed by atoms with van der Waals surface area (Å²) in [7, 11) is 0. The Bertz CT molecular complexity index is 458. The quantitative estimate of drug-likeness (QED) is 0.575. The molecule has 0 saturated carbocycles. The van der Waals surface area contributed by atoms with Crippen molar-refractivity contribution in [1.29, 1.82) is 0 Å². The molecule has 1 heterocycles. The summed E-state index contributed by atoms with van der Waals surface area (Å²) in [4.78, 5) is 10.3. The van der Waals surface area contributed by atoms with Crippen molar-refractivity contribution in [3.63, 3.8) is 0 Å². The van der Waals surface area contributed by atoms with Gasteiger partial charge >= 0.3 is 24.4 Å². The molecule has 0 amide bonds. The summed E-state index contributed by atoms with van der Waals surface area (Å²) in [6.07, 6.45) is -7.78. The summed E-state index contributed by atoms with van der Waals surface area (Å²) in [6.45, 7) is -1.11. The first kappa shape index (κ1) is 19.0. The number of unbranched alkanes of at least 4 members (excludes halogenated alkanes) is 1. The molecule has 132 valence electrons. The number of alkyl halides is 6. The minimum Gasteiger partial charge on any atom is -0.454 e. The fourth-order valence-electron chi connectivity index (χ4n) is 1.22. The maximum atomic E-state index is 12.1. The highest BCUT2D eigenvalue weighted by molar-refractivity contribution is 5.27. The van der Waals surface area contributed by atoms with E-state index in [0.717, 1.165) is 6.42 Å². The van der Waals surface area contributed by atoms with Crippen molar-refractivity contribution in [2.24, 2.45) is 0 Å². The first-order valence-corrected chi connectivity index (χ1v) is 6.48. The molecular formula is C11H14F6N4O2. The monoisotopic (exact) mass is 348 g/mol. The van der Waals surface area contributed by atoms with Gasteiger partial charge in [-0.15, -0.1) is 4.98 Å². The van der Waals surface area contributed by atoms with Crippen molar-refractivity contribution >= 4 is 5.95 Å². The molecule has 1 aromatic rings. The maximum absolute atomic E-state index is 12.1. The molecule has 0 atom stereocenters. The number of aromatic nitrogens is 3. The third kappa shape index (κ3) is 8.88. The van der Waals surface area contributed by atoms with Crippen LogP contribution in [-0.2, 0) is 0 Å². The molecule has 0 aromatic carbocycles. The number of nitrogens with one attached hydrogen (secondary N) is 1. The van der Waals surface area contributed by atoms with Crippen molar-refractivity contribution in [3.8, 4) is 12.0 Å². The van der Waals surface area contributed by atoms with E-state index in [1.165, 1.54) is 0 Å². The lowest BCUT2D eigenvalue weighted by Crippen LogP contribution is -2.22. The van der Waals surface area contributed by atoms with Gasteiger partial charge in [-0.05, 0) is 6.42 Å². The molecule has 12 heteroatoms. The van der Waals surface area contributed by atoms with E-state index in [9.17, 15) is 26.3 Å². The number of hydrogen-bond donors (Lipinski definition) is 1. The van der Waals surface area contributed by atoms with E-state index in [1.807, 2.05) is 6.92 Å². The van der Waals surface area contributed by atoms with Crippen LogP contribution in [0.1, 0.15) is 19.8 Å². The minimum atomic E-state index is -4.64. The van der Waals surface area contributed by atoms with Crippen LogP contribution in [0, 0.1) is 0 Å². The van der Waals surface area contributed by atoms with E-state index < -0.39 is 37.6 Å². The molecule has 0 bridgehead atoms. The Morgan fingerprint density at radius 1 is 0.870 bits per heavy atom. The summed E-state index contributed by atoms with van der Waals surface area (Å²) < 4.78 is 81.2. The van der Waals surface area contributed by atoms with Crippen molar-refractivity contribution in [2.45, 2.75) is 32.1 Å². The smallest absolute Gasteiger partial charge is 0.422 e. The van der Waals surface area contributed by atoms with Gasteiger partial charge in [0, 0.05) is 6.54 Å². The average Bonchev–Trinajstić information content (AvgIpc) is 2.42. The molecule has 0 radical (unpaired) electrons. The van der Waals surface area contributed by atoms with Gasteiger partial charge in [0.1, 0.15) is 0 Å². The molecule has 1 aromatic heterocycles. The van der Waals surface area contributed by atoms with E-state index in [2.05, 4.69) is 29.7 Å². The summed E-state index contributed by atoms with van der Waals surface area (Å²) >= 11 is 0. The number of ether oxygens (including phenoxy) is 2. The van der Waals surface area contributed by atoms with E-state index in [4.69, 9.17) is 0 Å². The zero-order chi connectivity index (χ0) is 17.5. The zero-order valence-electron chi connectivity index (χ0n) is 12.0. The third-order valence-electron chi connectivity index (χ3n) is 2.14. The SMILES string of the molecule is CCCCNc1nc(OCC(F)(F)F)nc(OCC(F)(F)F)n1. The highest BCUT2D eigenvalue weighted by Crippen LogP contribution is 2.20. The second-order valence-corrected chi connectivity index (χ2v) is 4.31. The molecule has 0 aliphatic carbocycles. The van der Waals surface area contributed by atoms with Crippen molar-refractivity contribution < 1.29 is 35.8 Å². The number of rotatable bonds is 8.